The van der Waals surface area contributed by atoms with Gasteiger partial charge in [0.1, 0.15) is 10.8 Å². The molecule has 0 aliphatic heterocycles. The van der Waals surface area contributed by atoms with E-state index in [-0.39, 0.29) is 12.2 Å². The van der Waals surface area contributed by atoms with E-state index >= 15 is 0 Å². The second-order valence-corrected chi connectivity index (χ2v) is 7.39. The number of halogens is 1. The average Bonchev–Trinajstić information content (AvgIpc) is 2.86. The van der Waals surface area contributed by atoms with E-state index in [1.807, 2.05) is 0 Å². The number of benzene rings is 1. The van der Waals surface area contributed by atoms with Crippen LogP contribution in [0.1, 0.15) is 27.2 Å². The quantitative estimate of drug-likeness (QED) is 0.726. The van der Waals surface area contributed by atoms with E-state index in [1.165, 1.54) is 11.3 Å². The zero-order valence-corrected chi connectivity index (χ0v) is 14.9. The van der Waals surface area contributed by atoms with Crippen LogP contribution < -0.4 is 16.4 Å². The van der Waals surface area contributed by atoms with Crippen LogP contribution in [0.5, 0.6) is 0 Å². The number of Topliss-reactive ketones (excluding diaryl/α,β-unsaturated/α-hetero) is 1. The van der Waals surface area contributed by atoms with E-state index in [9.17, 15) is 14.4 Å². The van der Waals surface area contributed by atoms with Crippen molar-refractivity contribution in [2.24, 2.45) is 5.73 Å². The predicted octanol–water partition coefficient (Wildman–Crippen LogP) is 3.31. The van der Waals surface area contributed by atoms with Gasteiger partial charge in [0.05, 0.1) is 5.56 Å². The van der Waals surface area contributed by atoms with Gasteiger partial charge in [-0.1, -0.05) is 15.9 Å². The third-order valence-electron chi connectivity index (χ3n) is 3.68. The van der Waals surface area contributed by atoms with Crippen molar-refractivity contribution in [1.82, 2.24) is 0 Å². The molecular formula is C16H14BrN3O3S. The largest absolute Gasteiger partial charge is 0.365 e. The van der Waals surface area contributed by atoms with Crippen molar-refractivity contribution in [2.75, 3.05) is 10.6 Å². The van der Waals surface area contributed by atoms with Crippen LogP contribution in [0.4, 0.5) is 15.5 Å². The molecule has 24 heavy (non-hydrogen) atoms. The summed E-state index contributed by atoms with van der Waals surface area (Å²) in [6.07, 6.45) is 1.17. The molecule has 1 aliphatic carbocycles. The molecule has 1 aromatic heterocycles. The summed E-state index contributed by atoms with van der Waals surface area (Å²) in [5.41, 5.74) is 7.18. The van der Waals surface area contributed by atoms with Crippen molar-refractivity contribution >= 4 is 55.7 Å². The number of carbonyl (C=O) groups excluding carboxylic acids is 3. The van der Waals surface area contributed by atoms with E-state index in [0.717, 1.165) is 14.9 Å². The average molecular weight is 408 g/mol. The predicted molar refractivity (Wildman–Crippen MR) is 96.7 cm³/mol. The number of hydrogen-bond acceptors (Lipinski definition) is 4. The molecule has 4 N–H and O–H groups in total. The minimum atomic E-state index is -0.596. The van der Waals surface area contributed by atoms with Gasteiger partial charge < -0.3 is 11.1 Å². The first-order valence-corrected chi connectivity index (χ1v) is 8.84. The molecule has 2 aromatic rings. The van der Waals surface area contributed by atoms with E-state index in [2.05, 4.69) is 26.6 Å². The van der Waals surface area contributed by atoms with Crippen LogP contribution in [0.25, 0.3) is 0 Å². The fourth-order valence-corrected chi connectivity index (χ4v) is 4.14. The van der Waals surface area contributed by atoms with Gasteiger partial charge in [0.2, 0.25) is 0 Å². The number of primary amides is 1. The van der Waals surface area contributed by atoms with Gasteiger partial charge in [-0.3, -0.25) is 14.9 Å². The summed E-state index contributed by atoms with van der Waals surface area (Å²) < 4.78 is 0.903. The topological polar surface area (TPSA) is 101 Å². The molecule has 0 unspecified atom stereocenters. The Kier molecular flexibility index (Phi) is 4.68. The summed E-state index contributed by atoms with van der Waals surface area (Å²) in [5.74, 6) is -0.466. The molecule has 0 radical (unpaired) electrons. The second-order valence-electron chi connectivity index (χ2n) is 5.37. The number of nitrogens with one attached hydrogen (secondary N) is 2. The summed E-state index contributed by atoms with van der Waals surface area (Å²) in [6.45, 7) is 0. The monoisotopic (exact) mass is 407 g/mol. The molecule has 1 aliphatic rings. The minimum Gasteiger partial charge on any atom is -0.365 e. The van der Waals surface area contributed by atoms with Gasteiger partial charge in [-0.15, -0.1) is 11.3 Å². The summed E-state index contributed by atoms with van der Waals surface area (Å²) >= 11 is 4.56. The van der Waals surface area contributed by atoms with Crippen LogP contribution in [-0.2, 0) is 17.6 Å². The van der Waals surface area contributed by atoms with Crippen LogP contribution in [0.2, 0.25) is 0 Å². The maximum atomic E-state index is 12.2. The lowest BCUT2D eigenvalue weighted by Gasteiger charge is -2.10. The van der Waals surface area contributed by atoms with Crippen molar-refractivity contribution in [2.45, 2.75) is 19.3 Å². The third-order valence-corrected chi connectivity index (χ3v) is 5.35. The molecule has 0 fully saturated rings. The number of fused-ring (bicyclic) bond motifs is 1. The highest BCUT2D eigenvalue weighted by Crippen LogP contribution is 2.37. The fraction of sp³-hybridized carbons (Fsp3) is 0.188. The van der Waals surface area contributed by atoms with Crippen molar-refractivity contribution in [3.05, 3.63) is 44.7 Å². The van der Waals surface area contributed by atoms with Gasteiger partial charge >= 0.3 is 6.03 Å². The number of anilines is 2. The Morgan fingerprint density at radius 3 is 2.50 bits per heavy atom. The van der Waals surface area contributed by atoms with Gasteiger partial charge in [-0.05, 0) is 36.2 Å². The molecule has 3 rings (SSSR count). The summed E-state index contributed by atoms with van der Waals surface area (Å²) in [4.78, 5) is 36.4. The van der Waals surface area contributed by atoms with Gasteiger partial charge in [0.25, 0.3) is 5.91 Å². The third kappa shape index (κ3) is 3.49. The number of hydrogen-bond donors (Lipinski definition) is 3. The first-order chi connectivity index (χ1) is 11.4. The maximum absolute atomic E-state index is 12.2. The first kappa shape index (κ1) is 16.7. The van der Waals surface area contributed by atoms with Crippen LogP contribution in [0.15, 0.2) is 28.7 Å². The molecule has 124 valence electrons. The molecule has 6 nitrogen and oxygen atoms in total. The highest BCUT2D eigenvalue weighted by molar-refractivity contribution is 9.10. The number of carbonyl (C=O) groups is 3. The Morgan fingerprint density at radius 2 is 1.83 bits per heavy atom. The standard InChI is InChI=1S/C16H14BrN3O3S/c17-8-1-3-9(4-2-8)19-16(23)20-15-13(14(18)22)11-6-5-10(21)7-12(11)24-15/h1-4H,5-7H2,(H2,18,22)(H2,19,20,23). The lowest BCUT2D eigenvalue weighted by molar-refractivity contribution is -0.118. The fourth-order valence-electron chi connectivity index (χ4n) is 2.60. The van der Waals surface area contributed by atoms with Crippen molar-refractivity contribution in [3.63, 3.8) is 0 Å². The normalized spacial score (nSPS) is 13.3. The Labute approximate surface area is 150 Å². The van der Waals surface area contributed by atoms with Gasteiger partial charge in [-0.2, -0.15) is 0 Å². The minimum absolute atomic E-state index is 0.130. The molecule has 1 heterocycles. The van der Waals surface area contributed by atoms with Gasteiger partial charge in [-0.25, -0.2) is 4.79 Å². The molecular weight excluding hydrogens is 394 g/mol. The van der Waals surface area contributed by atoms with Gasteiger partial charge in [0, 0.05) is 27.9 Å². The van der Waals surface area contributed by atoms with Crippen molar-refractivity contribution in [3.8, 4) is 0 Å². The Morgan fingerprint density at radius 1 is 1.12 bits per heavy atom. The lowest BCUT2D eigenvalue weighted by atomic mass is 9.94. The number of thiophene rings is 1. The number of nitrogens with two attached hydrogens (primary N) is 1. The van der Waals surface area contributed by atoms with Crippen LogP contribution in [-0.4, -0.2) is 17.7 Å². The smallest absolute Gasteiger partial charge is 0.324 e. The molecule has 0 atom stereocenters. The van der Waals surface area contributed by atoms with Crippen LogP contribution >= 0.6 is 27.3 Å². The van der Waals surface area contributed by atoms with E-state index in [4.69, 9.17) is 5.73 Å². The first-order valence-electron chi connectivity index (χ1n) is 7.23. The molecule has 8 heteroatoms. The Bertz CT molecular complexity index is 830. The molecule has 0 spiro atoms. The lowest BCUT2D eigenvalue weighted by Crippen LogP contribution is -2.22. The molecule has 0 saturated heterocycles. The summed E-state index contributed by atoms with van der Waals surface area (Å²) in [7, 11) is 0. The van der Waals surface area contributed by atoms with Crippen molar-refractivity contribution < 1.29 is 14.4 Å². The Hall–Kier alpha value is -2.19. The molecule has 1 aromatic carbocycles. The highest BCUT2D eigenvalue weighted by Gasteiger charge is 2.27. The van der Waals surface area contributed by atoms with Crippen molar-refractivity contribution in [1.29, 1.82) is 0 Å². The zero-order chi connectivity index (χ0) is 17.3. The maximum Gasteiger partial charge on any atom is 0.324 e. The highest BCUT2D eigenvalue weighted by atomic mass is 79.9. The van der Waals surface area contributed by atoms with Crippen LogP contribution in [0, 0.1) is 0 Å². The van der Waals surface area contributed by atoms with Crippen LogP contribution in [0.3, 0.4) is 0 Å². The second kappa shape index (κ2) is 6.74. The summed E-state index contributed by atoms with van der Waals surface area (Å²) in [5, 5.41) is 5.75. The SMILES string of the molecule is NC(=O)c1c(NC(=O)Nc2ccc(Br)cc2)sc2c1CCC(=O)C2. The molecule has 3 amide bonds. The molecule has 0 saturated carbocycles. The summed E-state index contributed by atoms with van der Waals surface area (Å²) in [6, 6.07) is 6.64. The molecule has 0 bridgehead atoms. The number of ketones is 1. The van der Waals surface area contributed by atoms with Gasteiger partial charge in [0.15, 0.2) is 0 Å². The zero-order valence-electron chi connectivity index (χ0n) is 12.5. The number of rotatable bonds is 3. The van der Waals surface area contributed by atoms with E-state index in [1.54, 1.807) is 24.3 Å². The van der Waals surface area contributed by atoms with E-state index < -0.39 is 11.9 Å². The number of urea groups is 1. The Balaban J connectivity index is 1.81. The number of amides is 3. The van der Waals surface area contributed by atoms with E-state index in [0.29, 0.717) is 29.1 Å².